The quantitative estimate of drug-likeness (QED) is 0.799. The van der Waals surface area contributed by atoms with Gasteiger partial charge in [0.25, 0.3) is 0 Å². The zero-order valence-corrected chi connectivity index (χ0v) is 12.1. The number of nitrogens with zero attached hydrogens (tertiary/aromatic N) is 1. The van der Waals surface area contributed by atoms with Crippen molar-refractivity contribution in [3.63, 3.8) is 0 Å². The van der Waals surface area contributed by atoms with Crippen molar-refractivity contribution in [2.24, 2.45) is 5.73 Å². The minimum atomic E-state index is -0.331. The van der Waals surface area contributed by atoms with E-state index in [0.717, 1.165) is 27.9 Å². The van der Waals surface area contributed by atoms with E-state index in [1.165, 1.54) is 0 Å². The number of pyridine rings is 1. The van der Waals surface area contributed by atoms with Crippen molar-refractivity contribution in [3.8, 4) is 22.4 Å². The average Bonchev–Trinajstić information content (AvgIpc) is 2.56. The number of rotatable bonds is 4. The highest BCUT2D eigenvalue weighted by Crippen LogP contribution is 2.33. The Kier molecular flexibility index (Phi) is 3.97. The second-order valence-electron chi connectivity index (χ2n) is 5.06. The van der Waals surface area contributed by atoms with Crippen LogP contribution in [-0.2, 0) is 11.2 Å². The normalized spacial score (nSPS) is 10.4. The van der Waals surface area contributed by atoms with Gasteiger partial charge in [0.05, 0.1) is 12.1 Å². The number of nitrogens with two attached hydrogens (primary N) is 1. The van der Waals surface area contributed by atoms with E-state index in [0.29, 0.717) is 0 Å². The molecule has 2 aromatic carbocycles. The van der Waals surface area contributed by atoms with Crippen molar-refractivity contribution in [1.82, 2.24) is 4.98 Å². The van der Waals surface area contributed by atoms with Crippen LogP contribution >= 0.6 is 0 Å². The van der Waals surface area contributed by atoms with Gasteiger partial charge >= 0.3 is 0 Å². The predicted octanol–water partition coefficient (Wildman–Crippen LogP) is 3.44. The van der Waals surface area contributed by atoms with Crippen molar-refractivity contribution >= 4 is 5.91 Å². The molecule has 3 rings (SSSR count). The summed E-state index contributed by atoms with van der Waals surface area (Å²) in [5.41, 5.74) is 10.3. The van der Waals surface area contributed by atoms with Crippen LogP contribution in [0, 0.1) is 0 Å². The number of hydrogen-bond donors (Lipinski definition) is 1. The number of carbonyl (C=O) groups is 1. The third-order valence-electron chi connectivity index (χ3n) is 3.54. The van der Waals surface area contributed by atoms with Crippen LogP contribution in [0.25, 0.3) is 22.4 Å². The molecule has 3 nitrogen and oxygen atoms in total. The highest BCUT2D eigenvalue weighted by molar-refractivity contribution is 5.86. The SMILES string of the molecule is NC(=O)Cc1ccccc1-c1ccccc1-c1ccccn1. The van der Waals surface area contributed by atoms with Crippen LogP contribution in [0.1, 0.15) is 5.56 Å². The van der Waals surface area contributed by atoms with Crippen LogP contribution in [0.3, 0.4) is 0 Å². The summed E-state index contributed by atoms with van der Waals surface area (Å²) in [6, 6.07) is 21.8. The number of benzene rings is 2. The molecule has 0 unspecified atom stereocenters. The lowest BCUT2D eigenvalue weighted by Crippen LogP contribution is -2.14. The van der Waals surface area contributed by atoms with E-state index >= 15 is 0 Å². The fourth-order valence-electron chi connectivity index (χ4n) is 2.59. The molecular weight excluding hydrogens is 272 g/mol. The largest absolute Gasteiger partial charge is 0.369 e. The number of primary amides is 1. The summed E-state index contributed by atoms with van der Waals surface area (Å²) in [6.45, 7) is 0. The first kappa shape index (κ1) is 14.0. The van der Waals surface area contributed by atoms with Crippen molar-refractivity contribution in [3.05, 3.63) is 78.5 Å². The van der Waals surface area contributed by atoms with E-state index in [2.05, 4.69) is 4.98 Å². The van der Waals surface area contributed by atoms with Gasteiger partial charge < -0.3 is 5.73 Å². The summed E-state index contributed by atoms with van der Waals surface area (Å²) in [5, 5.41) is 0. The lowest BCUT2D eigenvalue weighted by atomic mass is 9.92. The van der Waals surface area contributed by atoms with Crippen LogP contribution in [0.5, 0.6) is 0 Å². The third-order valence-corrected chi connectivity index (χ3v) is 3.54. The number of carbonyl (C=O) groups excluding carboxylic acids is 1. The lowest BCUT2D eigenvalue weighted by molar-refractivity contribution is -0.117. The van der Waals surface area contributed by atoms with Gasteiger partial charge in [-0.2, -0.15) is 0 Å². The van der Waals surface area contributed by atoms with Crippen LogP contribution < -0.4 is 5.73 Å². The smallest absolute Gasteiger partial charge is 0.221 e. The van der Waals surface area contributed by atoms with Gasteiger partial charge in [0.2, 0.25) is 5.91 Å². The molecule has 0 aliphatic rings. The molecule has 0 saturated heterocycles. The molecule has 0 radical (unpaired) electrons. The molecule has 22 heavy (non-hydrogen) atoms. The summed E-state index contributed by atoms with van der Waals surface area (Å²) in [6.07, 6.45) is 2.01. The third kappa shape index (κ3) is 2.88. The molecule has 0 atom stereocenters. The summed E-state index contributed by atoms with van der Waals surface area (Å²) in [4.78, 5) is 15.8. The van der Waals surface area contributed by atoms with Crippen LogP contribution in [-0.4, -0.2) is 10.9 Å². The zero-order chi connectivity index (χ0) is 15.4. The van der Waals surface area contributed by atoms with Gasteiger partial charge in [-0.1, -0.05) is 54.6 Å². The molecule has 1 aromatic heterocycles. The van der Waals surface area contributed by atoms with Crippen LogP contribution in [0.2, 0.25) is 0 Å². The van der Waals surface area contributed by atoms with E-state index in [1.807, 2.05) is 66.7 Å². The Bertz CT molecular complexity index is 797. The highest BCUT2D eigenvalue weighted by Gasteiger charge is 2.12. The molecule has 0 spiro atoms. The van der Waals surface area contributed by atoms with Gasteiger partial charge in [-0.3, -0.25) is 9.78 Å². The number of hydrogen-bond acceptors (Lipinski definition) is 2. The van der Waals surface area contributed by atoms with Gasteiger partial charge in [-0.25, -0.2) is 0 Å². The van der Waals surface area contributed by atoms with E-state index in [-0.39, 0.29) is 12.3 Å². The minimum Gasteiger partial charge on any atom is -0.369 e. The second-order valence-corrected chi connectivity index (χ2v) is 5.06. The number of amides is 1. The first-order valence-corrected chi connectivity index (χ1v) is 7.13. The fraction of sp³-hybridized carbons (Fsp3) is 0.0526. The Morgan fingerprint density at radius 2 is 1.45 bits per heavy atom. The van der Waals surface area contributed by atoms with Gasteiger partial charge in [-0.15, -0.1) is 0 Å². The standard InChI is InChI=1S/C19H16N2O/c20-19(22)13-14-7-1-2-8-15(14)16-9-3-4-10-17(16)18-11-5-6-12-21-18/h1-12H,13H2,(H2,20,22). The van der Waals surface area contributed by atoms with E-state index < -0.39 is 0 Å². The molecule has 0 fully saturated rings. The average molecular weight is 288 g/mol. The summed E-state index contributed by atoms with van der Waals surface area (Å²) in [7, 11) is 0. The Balaban J connectivity index is 2.16. The molecule has 0 aliphatic heterocycles. The van der Waals surface area contributed by atoms with Crippen LogP contribution in [0.15, 0.2) is 72.9 Å². The van der Waals surface area contributed by atoms with E-state index in [4.69, 9.17) is 5.73 Å². The predicted molar refractivity (Wildman–Crippen MR) is 88.0 cm³/mol. The fourth-order valence-corrected chi connectivity index (χ4v) is 2.59. The number of aromatic nitrogens is 1. The molecule has 0 aliphatic carbocycles. The maximum Gasteiger partial charge on any atom is 0.221 e. The van der Waals surface area contributed by atoms with Crippen molar-refractivity contribution in [1.29, 1.82) is 0 Å². The topological polar surface area (TPSA) is 56.0 Å². The highest BCUT2D eigenvalue weighted by atomic mass is 16.1. The van der Waals surface area contributed by atoms with Gasteiger partial charge in [0.1, 0.15) is 0 Å². The maximum atomic E-state index is 11.3. The molecule has 1 amide bonds. The Labute approximate surface area is 129 Å². The summed E-state index contributed by atoms with van der Waals surface area (Å²) >= 11 is 0. The Hall–Kier alpha value is -2.94. The molecule has 3 aromatic rings. The van der Waals surface area contributed by atoms with E-state index in [9.17, 15) is 4.79 Å². The summed E-state index contributed by atoms with van der Waals surface area (Å²) in [5.74, 6) is -0.331. The molecule has 108 valence electrons. The monoisotopic (exact) mass is 288 g/mol. The molecular formula is C19H16N2O. The molecule has 1 heterocycles. The van der Waals surface area contributed by atoms with Crippen molar-refractivity contribution in [2.75, 3.05) is 0 Å². The van der Waals surface area contributed by atoms with E-state index in [1.54, 1.807) is 6.20 Å². The molecule has 2 N–H and O–H groups in total. The zero-order valence-electron chi connectivity index (χ0n) is 12.1. The van der Waals surface area contributed by atoms with Crippen LogP contribution in [0.4, 0.5) is 0 Å². The maximum absolute atomic E-state index is 11.3. The van der Waals surface area contributed by atoms with Crippen molar-refractivity contribution in [2.45, 2.75) is 6.42 Å². The lowest BCUT2D eigenvalue weighted by Gasteiger charge is -2.13. The summed E-state index contributed by atoms with van der Waals surface area (Å²) < 4.78 is 0. The molecule has 0 saturated carbocycles. The molecule has 3 heteroatoms. The minimum absolute atomic E-state index is 0.229. The Morgan fingerprint density at radius 1 is 0.818 bits per heavy atom. The Morgan fingerprint density at radius 3 is 2.14 bits per heavy atom. The van der Waals surface area contributed by atoms with Crippen molar-refractivity contribution < 1.29 is 4.79 Å². The molecule has 0 bridgehead atoms. The van der Waals surface area contributed by atoms with Gasteiger partial charge in [0.15, 0.2) is 0 Å². The second kappa shape index (κ2) is 6.22. The first-order chi connectivity index (χ1) is 10.8. The van der Waals surface area contributed by atoms with Gasteiger partial charge in [0, 0.05) is 11.8 Å². The van der Waals surface area contributed by atoms with Gasteiger partial charge in [-0.05, 0) is 28.8 Å². The first-order valence-electron chi connectivity index (χ1n) is 7.13.